The summed E-state index contributed by atoms with van der Waals surface area (Å²) in [5, 5.41) is 2.68. The topological polar surface area (TPSA) is 48.5 Å². The molecule has 2 aliphatic rings. The predicted molar refractivity (Wildman–Crippen MR) is 103 cm³/mol. The Morgan fingerprint density at radius 1 is 1.11 bits per heavy atom. The summed E-state index contributed by atoms with van der Waals surface area (Å²) >= 11 is 0. The number of urea groups is 1. The number of carbonyl (C=O) groups is 1. The van der Waals surface area contributed by atoms with Gasteiger partial charge in [0.15, 0.2) is 11.6 Å². The summed E-state index contributed by atoms with van der Waals surface area (Å²) in [6, 6.07) is 7.23. The van der Waals surface area contributed by atoms with Crippen molar-refractivity contribution >= 4 is 11.7 Å². The zero-order chi connectivity index (χ0) is 19.5. The summed E-state index contributed by atoms with van der Waals surface area (Å²) in [7, 11) is 0. The van der Waals surface area contributed by atoms with Crippen molar-refractivity contribution in [2.24, 2.45) is 11.8 Å². The van der Waals surface area contributed by atoms with Gasteiger partial charge in [-0.1, -0.05) is 6.07 Å². The van der Waals surface area contributed by atoms with Crippen LogP contribution in [-0.4, -0.2) is 47.0 Å². The van der Waals surface area contributed by atoms with Crippen molar-refractivity contribution in [3.8, 4) is 0 Å². The summed E-state index contributed by atoms with van der Waals surface area (Å²) < 4.78 is 26.4. The van der Waals surface area contributed by atoms with E-state index in [0.717, 1.165) is 44.6 Å². The van der Waals surface area contributed by atoms with Crippen LogP contribution in [0.2, 0.25) is 0 Å². The van der Waals surface area contributed by atoms with Gasteiger partial charge in [0.1, 0.15) is 0 Å². The van der Waals surface area contributed by atoms with Gasteiger partial charge in [-0.15, -0.1) is 0 Å². The number of amides is 2. The first-order chi connectivity index (χ1) is 13.6. The highest BCUT2D eigenvalue weighted by Gasteiger charge is 2.36. The number of likely N-dealkylation sites (tertiary alicyclic amines) is 2. The molecule has 3 heterocycles. The van der Waals surface area contributed by atoms with E-state index in [0.29, 0.717) is 24.9 Å². The third-order valence-corrected chi connectivity index (χ3v) is 5.80. The van der Waals surface area contributed by atoms with E-state index < -0.39 is 11.6 Å². The molecule has 1 aromatic heterocycles. The average Bonchev–Trinajstić information content (AvgIpc) is 3.02. The fourth-order valence-electron chi connectivity index (χ4n) is 4.25. The lowest BCUT2D eigenvalue weighted by Gasteiger charge is -2.22. The lowest BCUT2D eigenvalue weighted by atomic mass is 9.92. The van der Waals surface area contributed by atoms with E-state index in [4.69, 9.17) is 0 Å². The normalized spacial score (nSPS) is 22.6. The minimum absolute atomic E-state index is 0.244. The second-order valence-corrected chi connectivity index (χ2v) is 7.70. The van der Waals surface area contributed by atoms with Crippen LogP contribution in [-0.2, 0) is 6.54 Å². The number of anilines is 1. The van der Waals surface area contributed by atoms with Crippen LogP contribution in [0.15, 0.2) is 42.7 Å². The fraction of sp³-hybridized carbons (Fsp3) is 0.429. The molecule has 1 aromatic carbocycles. The number of aromatic nitrogens is 1. The van der Waals surface area contributed by atoms with Gasteiger partial charge in [0.25, 0.3) is 0 Å². The number of pyridine rings is 1. The van der Waals surface area contributed by atoms with E-state index >= 15 is 0 Å². The first-order valence-corrected chi connectivity index (χ1v) is 9.71. The maximum Gasteiger partial charge on any atom is 0.321 e. The van der Waals surface area contributed by atoms with Crippen molar-refractivity contribution in [3.63, 3.8) is 0 Å². The molecule has 2 aromatic rings. The zero-order valence-corrected chi connectivity index (χ0v) is 15.7. The van der Waals surface area contributed by atoms with E-state index in [1.54, 1.807) is 11.1 Å². The van der Waals surface area contributed by atoms with Crippen LogP contribution in [0.1, 0.15) is 18.4 Å². The van der Waals surface area contributed by atoms with Crippen LogP contribution in [0, 0.1) is 23.5 Å². The molecule has 0 unspecified atom stereocenters. The second kappa shape index (κ2) is 8.22. The van der Waals surface area contributed by atoms with Gasteiger partial charge in [-0.2, -0.15) is 0 Å². The largest absolute Gasteiger partial charge is 0.324 e. The van der Waals surface area contributed by atoms with Crippen molar-refractivity contribution in [2.45, 2.75) is 19.4 Å². The van der Waals surface area contributed by atoms with E-state index in [1.165, 1.54) is 11.6 Å². The molecule has 1 N–H and O–H groups in total. The molecular formula is C21H24F2N4O. The smallest absolute Gasteiger partial charge is 0.321 e. The summed E-state index contributed by atoms with van der Waals surface area (Å²) in [4.78, 5) is 21.0. The molecule has 2 aliphatic heterocycles. The Kier molecular flexibility index (Phi) is 5.52. The quantitative estimate of drug-likeness (QED) is 0.874. The summed E-state index contributed by atoms with van der Waals surface area (Å²) in [6.07, 6.45) is 5.81. The minimum Gasteiger partial charge on any atom is -0.324 e. The fourth-order valence-corrected chi connectivity index (χ4v) is 4.25. The molecule has 7 heteroatoms. The Hall–Kier alpha value is -2.54. The van der Waals surface area contributed by atoms with Gasteiger partial charge in [0.2, 0.25) is 0 Å². The second-order valence-electron chi connectivity index (χ2n) is 7.70. The van der Waals surface area contributed by atoms with Crippen LogP contribution in [0.3, 0.4) is 0 Å². The highest BCUT2D eigenvalue weighted by Crippen LogP contribution is 2.32. The first kappa shape index (κ1) is 18.8. The number of hydrogen-bond acceptors (Lipinski definition) is 3. The summed E-state index contributed by atoms with van der Waals surface area (Å²) in [5.41, 5.74) is 1.50. The molecule has 2 atom stereocenters. The average molecular weight is 386 g/mol. The molecule has 0 bridgehead atoms. The number of rotatable bonds is 3. The van der Waals surface area contributed by atoms with E-state index in [2.05, 4.69) is 21.3 Å². The van der Waals surface area contributed by atoms with E-state index in [-0.39, 0.29) is 11.7 Å². The molecular weight excluding hydrogens is 362 g/mol. The number of halogens is 2. The van der Waals surface area contributed by atoms with Crippen molar-refractivity contribution < 1.29 is 13.6 Å². The molecule has 5 nitrogen and oxygen atoms in total. The molecule has 0 aliphatic carbocycles. The Bertz CT molecular complexity index is 816. The maximum absolute atomic E-state index is 13.3. The number of nitrogens with zero attached hydrogens (tertiary/aromatic N) is 3. The Morgan fingerprint density at radius 3 is 2.50 bits per heavy atom. The number of fused-ring (bicyclic) bond motifs is 1. The lowest BCUT2D eigenvalue weighted by molar-refractivity contribution is 0.215. The number of hydrogen-bond donors (Lipinski definition) is 1. The monoisotopic (exact) mass is 386 g/mol. The zero-order valence-electron chi connectivity index (χ0n) is 15.7. The number of nitrogens with one attached hydrogen (secondary N) is 1. The standard InChI is InChI=1S/C21H24F2N4O/c22-19-4-3-18(10-20(19)23)25-21(28)27-13-16-5-8-26(9-6-17(16)14-27)12-15-2-1-7-24-11-15/h1-4,7,10-11,16-17H,5-6,8-9,12-14H2,(H,25,28)/t16-,17+. The highest BCUT2D eigenvalue weighted by atomic mass is 19.2. The van der Waals surface area contributed by atoms with Gasteiger partial charge in [0.05, 0.1) is 0 Å². The molecule has 4 rings (SSSR count). The minimum atomic E-state index is -0.960. The summed E-state index contributed by atoms with van der Waals surface area (Å²) in [5.74, 6) is -0.917. The van der Waals surface area contributed by atoms with Crippen LogP contribution >= 0.6 is 0 Å². The third kappa shape index (κ3) is 4.30. The molecule has 0 radical (unpaired) electrons. The van der Waals surface area contributed by atoms with Crippen molar-refractivity contribution in [3.05, 3.63) is 59.9 Å². The lowest BCUT2D eigenvalue weighted by Crippen LogP contribution is -2.34. The molecule has 28 heavy (non-hydrogen) atoms. The first-order valence-electron chi connectivity index (χ1n) is 9.71. The predicted octanol–water partition coefficient (Wildman–Crippen LogP) is 3.74. The van der Waals surface area contributed by atoms with Crippen molar-refractivity contribution in [2.75, 3.05) is 31.5 Å². The van der Waals surface area contributed by atoms with Crippen LogP contribution in [0.4, 0.5) is 19.3 Å². The third-order valence-electron chi connectivity index (χ3n) is 5.80. The molecule has 2 amide bonds. The molecule has 2 fully saturated rings. The molecule has 0 spiro atoms. The molecule has 148 valence electrons. The number of benzene rings is 1. The number of carbonyl (C=O) groups excluding carboxylic acids is 1. The van der Waals surface area contributed by atoms with Gasteiger partial charge in [-0.25, -0.2) is 13.6 Å². The van der Waals surface area contributed by atoms with Crippen LogP contribution in [0.5, 0.6) is 0 Å². The summed E-state index contributed by atoms with van der Waals surface area (Å²) in [6.45, 7) is 4.35. The van der Waals surface area contributed by atoms with E-state index in [9.17, 15) is 13.6 Å². The van der Waals surface area contributed by atoms with Gasteiger partial charge in [-0.3, -0.25) is 9.88 Å². The van der Waals surface area contributed by atoms with Crippen LogP contribution < -0.4 is 5.32 Å². The SMILES string of the molecule is O=C(Nc1ccc(F)c(F)c1)N1C[C@H]2CCN(Cc3cccnc3)CC[C@H]2C1. The van der Waals surface area contributed by atoms with Crippen LogP contribution in [0.25, 0.3) is 0 Å². The Morgan fingerprint density at radius 2 is 1.86 bits per heavy atom. The Labute approximate surface area is 163 Å². The van der Waals surface area contributed by atoms with Gasteiger partial charge < -0.3 is 10.2 Å². The van der Waals surface area contributed by atoms with Gasteiger partial charge in [0, 0.05) is 43.8 Å². The van der Waals surface area contributed by atoms with Crippen molar-refractivity contribution in [1.82, 2.24) is 14.8 Å². The highest BCUT2D eigenvalue weighted by molar-refractivity contribution is 5.89. The van der Waals surface area contributed by atoms with E-state index in [1.807, 2.05) is 12.3 Å². The molecule has 2 saturated heterocycles. The Balaban J connectivity index is 1.31. The van der Waals surface area contributed by atoms with Crippen molar-refractivity contribution in [1.29, 1.82) is 0 Å². The molecule has 0 saturated carbocycles. The van der Waals surface area contributed by atoms with Gasteiger partial charge >= 0.3 is 6.03 Å². The maximum atomic E-state index is 13.3. The van der Waals surface area contributed by atoms with Gasteiger partial charge in [-0.05, 0) is 61.5 Å².